The van der Waals surface area contributed by atoms with E-state index in [9.17, 15) is 9.59 Å². The second-order valence-electron chi connectivity index (χ2n) is 8.05. The van der Waals surface area contributed by atoms with Crippen LogP contribution in [0.2, 0.25) is 0 Å². The van der Waals surface area contributed by atoms with Crippen molar-refractivity contribution in [1.82, 2.24) is 24.2 Å². The molecule has 0 saturated carbocycles. The minimum atomic E-state index is -0.826. The molecule has 0 aliphatic carbocycles. The number of benzene rings is 1. The fourth-order valence-corrected chi connectivity index (χ4v) is 4.93. The maximum atomic E-state index is 13.3. The summed E-state index contributed by atoms with van der Waals surface area (Å²) in [5.41, 5.74) is 1.96. The standard InChI is InChI=1S/C22H24N6O2/c1-15-7-10-24-28(15)12-8-18(29)27-13-9-22(19(27)20-23-11-14-26(20)2)16-5-3-4-6-17(16)25-21(22)30/h3-7,10-11,14,19H,8-9,12-13H2,1-2H3,(H,25,30). The Kier molecular flexibility index (Phi) is 4.23. The molecule has 1 saturated heterocycles. The highest BCUT2D eigenvalue weighted by molar-refractivity contribution is 6.07. The second-order valence-corrected chi connectivity index (χ2v) is 8.05. The van der Waals surface area contributed by atoms with Crippen LogP contribution in [-0.4, -0.2) is 42.6 Å². The molecule has 8 heteroatoms. The maximum absolute atomic E-state index is 13.3. The lowest BCUT2D eigenvalue weighted by molar-refractivity contribution is -0.134. The van der Waals surface area contributed by atoms with Crippen LogP contribution in [0.5, 0.6) is 0 Å². The SMILES string of the molecule is Cc1ccnn1CCC(=O)N1CCC2(C(=O)Nc3ccccc32)C1c1nccn1C. The van der Waals surface area contributed by atoms with Crippen LogP contribution in [-0.2, 0) is 28.6 Å². The smallest absolute Gasteiger partial charge is 0.237 e. The van der Waals surface area contributed by atoms with Gasteiger partial charge in [-0.25, -0.2) is 4.98 Å². The normalized spacial score (nSPS) is 22.5. The van der Waals surface area contributed by atoms with Gasteiger partial charge < -0.3 is 14.8 Å². The molecule has 1 fully saturated rings. The molecule has 8 nitrogen and oxygen atoms in total. The number of para-hydroxylation sites is 1. The van der Waals surface area contributed by atoms with E-state index in [4.69, 9.17) is 0 Å². The van der Waals surface area contributed by atoms with E-state index in [1.165, 1.54) is 0 Å². The number of carbonyl (C=O) groups excluding carboxylic acids is 2. The first-order valence-electron chi connectivity index (χ1n) is 10.2. The summed E-state index contributed by atoms with van der Waals surface area (Å²) >= 11 is 0. The molecule has 1 aromatic carbocycles. The zero-order valence-electron chi connectivity index (χ0n) is 17.1. The lowest BCUT2D eigenvalue weighted by Gasteiger charge is -2.33. The molecule has 0 bridgehead atoms. The Balaban J connectivity index is 1.53. The number of hydrogen-bond acceptors (Lipinski definition) is 4. The molecule has 30 heavy (non-hydrogen) atoms. The summed E-state index contributed by atoms with van der Waals surface area (Å²) in [7, 11) is 1.91. The fraction of sp³-hybridized carbons (Fsp3) is 0.364. The van der Waals surface area contributed by atoms with Gasteiger partial charge in [0.25, 0.3) is 0 Å². The molecular formula is C22H24N6O2. The molecule has 2 aliphatic rings. The molecule has 2 amide bonds. The first kappa shape index (κ1) is 18.6. The van der Waals surface area contributed by atoms with Crippen molar-refractivity contribution in [1.29, 1.82) is 0 Å². The van der Waals surface area contributed by atoms with Crippen LogP contribution in [0, 0.1) is 6.92 Å². The Morgan fingerprint density at radius 2 is 2.10 bits per heavy atom. The fourth-order valence-electron chi connectivity index (χ4n) is 4.93. The number of imidazole rings is 1. The lowest BCUT2D eigenvalue weighted by Crippen LogP contribution is -2.44. The van der Waals surface area contributed by atoms with Crippen molar-refractivity contribution < 1.29 is 9.59 Å². The zero-order valence-corrected chi connectivity index (χ0v) is 17.1. The van der Waals surface area contributed by atoms with Crippen LogP contribution in [0.25, 0.3) is 0 Å². The van der Waals surface area contributed by atoms with Crippen molar-refractivity contribution in [3.8, 4) is 0 Å². The van der Waals surface area contributed by atoms with E-state index < -0.39 is 11.5 Å². The maximum Gasteiger partial charge on any atom is 0.237 e. The van der Waals surface area contributed by atoms with Gasteiger partial charge in [-0.2, -0.15) is 5.10 Å². The minimum Gasteiger partial charge on any atom is -0.336 e. The Morgan fingerprint density at radius 3 is 2.83 bits per heavy atom. The zero-order chi connectivity index (χ0) is 20.9. The molecule has 5 rings (SSSR count). The van der Waals surface area contributed by atoms with Crippen molar-refractivity contribution in [2.24, 2.45) is 7.05 Å². The summed E-state index contributed by atoms with van der Waals surface area (Å²) in [4.78, 5) is 33.1. The highest BCUT2D eigenvalue weighted by atomic mass is 16.2. The number of likely N-dealkylation sites (tertiary alicyclic amines) is 1. The molecule has 1 N–H and O–H groups in total. The van der Waals surface area contributed by atoms with E-state index in [1.54, 1.807) is 12.4 Å². The third-order valence-electron chi connectivity index (χ3n) is 6.48. The van der Waals surface area contributed by atoms with E-state index in [0.717, 1.165) is 22.8 Å². The lowest BCUT2D eigenvalue weighted by atomic mass is 9.74. The molecule has 2 aliphatic heterocycles. The summed E-state index contributed by atoms with van der Waals surface area (Å²) in [5, 5.41) is 7.31. The largest absolute Gasteiger partial charge is 0.336 e. The van der Waals surface area contributed by atoms with Crippen LogP contribution in [0.3, 0.4) is 0 Å². The molecule has 3 aromatic rings. The van der Waals surface area contributed by atoms with Crippen molar-refractivity contribution in [3.63, 3.8) is 0 Å². The number of anilines is 1. The quantitative estimate of drug-likeness (QED) is 0.722. The summed E-state index contributed by atoms with van der Waals surface area (Å²) in [5.74, 6) is 0.671. The van der Waals surface area contributed by atoms with Gasteiger partial charge in [-0.1, -0.05) is 18.2 Å². The Hall–Kier alpha value is -3.42. The molecule has 154 valence electrons. The number of amides is 2. The highest BCUT2D eigenvalue weighted by Crippen LogP contribution is 2.54. The van der Waals surface area contributed by atoms with Crippen molar-refractivity contribution in [2.75, 3.05) is 11.9 Å². The molecule has 2 atom stereocenters. The van der Waals surface area contributed by atoms with Crippen LogP contribution >= 0.6 is 0 Å². The number of hydrogen-bond donors (Lipinski definition) is 1. The second kappa shape index (κ2) is 6.83. The Bertz CT molecular complexity index is 1130. The van der Waals surface area contributed by atoms with E-state index in [-0.39, 0.29) is 11.8 Å². The third-order valence-corrected chi connectivity index (χ3v) is 6.48. The third kappa shape index (κ3) is 2.59. The predicted molar refractivity (Wildman–Crippen MR) is 111 cm³/mol. The monoisotopic (exact) mass is 404 g/mol. The number of rotatable bonds is 4. The molecule has 4 heterocycles. The summed E-state index contributed by atoms with van der Waals surface area (Å²) in [6, 6.07) is 9.24. The van der Waals surface area contributed by atoms with Gasteiger partial charge in [-0.15, -0.1) is 0 Å². The van der Waals surface area contributed by atoms with Gasteiger partial charge in [0.05, 0.1) is 0 Å². The number of carbonyl (C=O) groups is 2. The van der Waals surface area contributed by atoms with Gasteiger partial charge in [-0.05, 0) is 31.0 Å². The molecule has 2 unspecified atom stereocenters. The molecule has 1 spiro atoms. The Morgan fingerprint density at radius 1 is 1.27 bits per heavy atom. The van der Waals surface area contributed by atoms with Crippen LogP contribution in [0.1, 0.15) is 36.0 Å². The van der Waals surface area contributed by atoms with Gasteiger partial charge in [0.2, 0.25) is 11.8 Å². The van der Waals surface area contributed by atoms with Crippen molar-refractivity contribution in [2.45, 2.75) is 37.8 Å². The van der Waals surface area contributed by atoms with Gasteiger partial charge >= 0.3 is 0 Å². The summed E-state index contributed by atoms with van der Waals surface area (Å²) in [6.07, 6.45) is 6.20. The highest BCUT2D eigenvalue weighted by Gasteiger charge is 2.60. The average molecular weight is 404 g/mol. The van der Waals surface area contributed by atoms with E-state index in [0.29, 0.717) is 25.9 Å². The van der Waals surface area contributed by atoms with Gasteiger partial charge in [-0.3, -0.25) is 14.3 Å². The van der Waals surface area contributed by atoms with Crippen molar-refractivity contribution in [3.05, 3.63) is 66.0 Å². The Labute approximate surface area is 174 Å². The number of aromatic nitrogens is 4. The van der Waals surface area contributed by atoms with Crippen LogP contribution in [0.4, 0.5) is 5.69 Å². The van der Waals surface area contributed by atoms with E-state index >= 15 is 0 Å². The van der Waals surface area contributed by atoms with Crippen molar-refractivity contribution >= 4 is 17.5 Å². The first-order chi connectivity index (χ1) is 14.5. The van der Waals surface area contributed by atoms with Gasteiger partial charge in [0.1, 0.15) is 17.3 Å². The number of nitrogens with one attached hydrogen (secondary N) is 1. The number of nitrogens with zero attached hydrogens (tertiary/aromatic N) is 5. The number of aryl methyl sites for hydroxylation is 3. The molecule has 2 aromatic heterocycles. The number of fused-ring (bicyclic) bond motifs is 2. The van der Waals surface area contributed by atoms with Gasteiger partial charge in [0.15, 0.2) is 0 Å². The summed E-state index contributed by atoms with van der Waals surface area (Å²) < 4.78 is 3.74. The predicted octanol–water partition coefficient (Wildman–Crippen LogP) is 2.18. The van der Waals surface area contributed by atoms with E-state index in [1.807, 2.05) is 64.6 Å². The van der Waals surface area contributed by atoms with Crippen LogP contribution < -0.4 is 5.32 Å². The average Bonchev–Trinajstić information content (AvgIpc) is 3.49. The first-order valence-corrected chi connectivity index (χ1v) is 10.2. The summed E-state index contributed by atoms with van der Waals surface area (Å²) in [6.45, 7) is 2.99. The molecular weight excluding hydrogens is 380 g/mol. The molecule has 0 radical (unpaired) electrons. The van der Waals surface area contributed by atoms with Crippen LogP contribution in [0.15, 0.2) is 48.9 Å². The van der Waals surface area contributed by atoms with E-state index in [2.05, 4.69) is 15.4 Å². The topological polar surface area (TPSA) is 85.1 Å². The minimum absolute atomic E-state index is 0.00644. The van der Waals surface area contributed by atoms with Gasteiger partial charge in [0, 0.05) is 56.5 Å².